The number of nitrogens with zero attached hydrogens (tertiary/aromatic N) is 3. The van der Waals surface area contributed by atoms with Gasteiger partial charge in [-0.25, -0.2) is 0 Å². The van der Waals surface area contributed by atoms with Crippen LogP contribution in [0.4, 0.5) is 5.69 Å². The highest BCUT2D eigenvalue weighted by molar-refractivity contribution is 6.31. The fourth-order valence-electron chi connectivity index (χ4n) is 3.46. The van der Waals surface area contributed by atoms with Crippen LogP contribution < -0.4 is 4.90 Å². The Hall–Kier alpha value is -2.62. The average Bonchev–Trinajstić information content (AvgIpc) is 2.72. The van der Waals surface area contributed by atoms with Gasteiger partial charge in [0.1, 0.15) is 5.84 Å². The van der Waals surface area contributed by atoms with Gasteiger partial charge in [-0.15, -0.1) is 0 Å². The SMILES string of the molecule is Cc1ccc(N2CN(Cc3ccccc3Cl)CN=C2c2ccccc2)cc1C. The van der Waals surface area contributed by atoms with Crippen molar-refractivity contribution in [3.05, 3.63) is 100 Å². The Balaban J connectivity index is 1.68. The summed E-state index contributed by atoms with van der Waals surface area (Å²) in [4.78, 5) is 9.54. The normalized spacial score (nSPS) is 14.8. The van der Waals surface area contributed by atoms with Gasteiger partial charge in [0.2, 0.25) is 0 Å². The summed E-state index contributed by atoms with van der Waals surface area (Å²) in [5, 5.41) is 0.804. The Morgan fingerprint density at radius 3 is 2.39 bits per heavy atom. The second kappa shape index (κ2) is 8.17. The average molecular weight is 390 g/mol. The number of rotatable bonds is 4. The first-order valence-electron chi connectivity index (χ1n) is 9.52. The Bertz CT molecular complexity index is 998. The minimum atomic E-state index is 0.650. The summed E-state index contributed by atoms with van der Waals surface area (Å²) in [5.74, 6) is 1.01. The van der Waals surface area contributed by atoms with Crippen molar-refractivity contribution in [3.8, 4) is 0 Å². The number of hydrogen-bond acceptors (Lipinski definition) is 3. The minimum absolute atomic E-state index is 0.650. The molecule has 0 radical (unpaired) electrons. The highest BCUT2D eigenvalue weighted by Gasteiger charge is 2.24. The standard InChI is InChI=1S/C24H24ClN3/c1-18-12-13-22(14-19(18)2)28-17-27(15-21-10-6-7-11-23(21)25)16-26-24(28)20-8-4-3-5-9-20/h3-14H,15-17H2,1-2H3. The molecule has 3 aromatic rings. The number of aliphatic imine (C=N–C) groups is 1. The van der Waals surface area contributed by atoms with Gasteiger partial charge in [0.15, 0.2) is 0 Å². The largest absolute Gasteiger partial charge is 0.313 e. The molecule has 142 valence electrons. The number of anilines is 1. The third-order valence-electron chi connectivity index (χ3n) is 5.20. The van der Waals surface area contributed by atoms with Gasteiger partial charge < -0.3 is 4.90 Å². The molecule has 1 aliphatic rings. The van der Waals surface area contributed by atoms with Crippen LogP contribution in [0, 0.1) is 13.8 Å². The highest BCUT2D eigenvalue weighted by Crippen LogP contribution is 2.25. The number of hydrogen-bond donors (Lipinski definition) is 0. The molecule has 3 nitrogen and oxygen atoms in total. The lowest BCUT2D eigenvalue weighted by Gasteiger charge is -2.36. The molecule has 0 aliphatic carbocycles. The first-order chi connectivity index (χ1) is 13.6. The van der Waals surface area contributed by atoms with Crippen molar-refractivity contribution in [2.24, 2.45) is 4.99 Å². The van der Waals surface area contributed by atoms with E-state index in [0.29, 0.717) is 6.67 Å². The Morgan fingerprint density at radius 2 is 1.64 bits per heavy atom. The van der Waals surface area contributed by atoms with Gasteiger partial charge in [-0.05, 0) is 48.7 Å². The van der Waals surface area contributed by atoms with Crippen LogP contribution in [0.5, 0.6) is 0 Å². The number of aryl methyl sites for hydroxylation is 2. The molecule has 0 amide bonds. The molecular weight excluding hydrogens is 366 g/mol. The van der Waals surface area contributed by atoms with Crippen molar-refractivity contribution in [3.63, 3.8) is 0 Å². The smallest absolute Gasteiger partial charge is 0.137 e. The zero-order valence-electron chi connectivity index (χ0n) is 16.3. The van der Waals surface area contributed by atoms with E-state index in [2.05, 4.69) is 72.2 Å². The van der Waals surface area contributed by atoms with Gasteiger partial charge in [0.05, 0.1) is 13.3 Å². The Morgan fingerprint density at radius 1 is 0.893 bits per heavy atom. The third kappa shape index (κ3) is 3.96. The summed E-state index contributed by atoms with van der Waals surface area (Å²) in [6.07, 6.45) is 0. The zero-order chi connectivity index (χ0) is 19.5. The molecule has 3 aromatic carbocycles. The molecule has 4 rings (SSSR count). The number of amidine groups is 1. The Kier molecular flexibility index (Phi) is 5.47. The van der Waals surface area contributed by atoms with Crippen molar-refractivity contribution >= 4 is 23.1 Å². The quantitative estimate of drug-likeness (QED) is 0.575. The molecule has 0 spiro atoms. The second-order valence-corrected chi connectivity index (χ2v) is 7.65. The van der Waals surface area contributed by atoms with E-state index in [1.54, 1.807) is 0 Å². The maximum atomic E-state index is 6.38. The summed E-state index contributed by atoms with van der Waals surface area (Å²) in [5.41, 5.74) is 6.01. The molecule has 0 saturated carbocycles. The molecule has 0 atom stereocenters. The van der Waals surface area contributed by atoms with Crippen molar-refractivity contribution in [1.29, 1.82) is 0 Å². The van der Waals surface area contributed by atoms with Crippen LogP contribution in [0.15, 0.2) is 77.8 Å². The van der Waals surface area contributed by atoms with Gasteiger partial charge >= 0.3 is 0 Å². The lowest BCUT2D eigenvalue weighted by Crippen LogP contribution is -2.46. The summed E-state index contributed by atoms with van der Waals surface area (Å²) in [6.45, 7) is 6.49. The minimum Gasteiger partial charge on any atom is -0.313 e. The maximum absolute atomic E-state index is 6.38. The predicted octanol–water partition coefficient (Wildman–Crippen LogP) is 5.64. The molecule has 0 saturated heterocycles. The van der Waals surface area contributed by atoms with Crippen LogP contribution in [0.3, 0.4) is 0 Å². The summed E-state index contributed by atoms with van der Waals surface area (Å²) in [6, 6.07) is 25.0. The molecular formula is C24H24ClN3. The molecule has 0 bridgehead atoms. The van der Waals surface area contributed by atoms with E-state index in [0.717, 1.165) is 40.9 Å². The van der Waals surface area contributed by atoms with Crippen molar-refractivity contribution in [2.45, 2.75) is 20.4 Å². The van der Waals surface area contributed by atoms with Crippen LogP contribution in [0.2, 0.25) is 5.02 Å². The molecule has 0 N–H and O–H groups in total. The fourth-order valence-corrected chi connectivity index (χ4v) is 3.66. The molecule has 28 heavy (non-hydrogen) atoms. The van der Waals surface area contributed by atoms with Gasteiger partial charge in [-0.3, -0.25) is 9.89 Å². The van der Waals surface area contributed by atoms with Crippen LogP contribution in [-0.2, 0) is 6.54 Å². The molecule has 1 heterocycles. The van der Waals surface area contributed by atoms with E-state index in [4.69, 9.17) is 16.6 Å². The molecule has 0 unspecified atom stereocenters. The molecule has 0 aromatic heterocycles. The maximum Gasteiger partial charge on any atom is 0.137 e. The van der Waals surface area contributed by atoms with E-state index < -0.39 is 0 Å². The lowest BCUT2D eigenvalue weighted by molar-refractivity contribution is 0.273. The van der Waals surface area contributed by atoms with Crippen LogP contribution in [-0.4, -0.2) is 24.1 Å². The van der Waals surface area contributed by atoms with E-state index in [-0.39, 0.29) is 0 Å². The second-order valence-electron chi connectivity index (χ2n) is 7.25. The Labute approximate surface area is 171 Å². The number of benzene rings is 3. The van der Waals surface area contributed by atoms with Crippen LogP contribution in [0.1, 0.15) is 22.3 Å². The predicted molar refractivity (Wildman–Crippen MR) is 118 cm³/mol. The molecule has 0 fully saturated rings. The first kappa shape index (κ1) is 18.7. The molecule has 4 heteroatoms. The lowest BCUT2D eigenvalue weighted by atomic mass is 10.1. The van der Waals surface area contributed by atoms with Gasteiger partial charge in [0, 0.05) is 22.8 Å². The third-order valence-corrected chi connectivity index (χ3v) is 5.57. The van der Waals surface area contributed by atoms with Gasteiger partial charge in [-0.2, -0.15) is 0 Å². The number of halogens is 1. The molecule has 1 aliphatic heterocycles. The fraction of sp³-hybridized carbons (Fsp3) is 0.208. The van der Waals surface area contributed by atoms with Crippen molar-refractivity contribution < 1.29 is 0 Å². The van der Waals surface area contributed by atoms with Crippen molar-refractivity contribution in [2.75, 3.05) is 18.2 Å². The van der Waals surface area contributed by atoms with E-state index in [1.807, 2.05) is 24.3 Å². The van der Waals surface area contributed by atoms with Crippen LogP contribution in [0.25, 0.3) is 0 Å². The monoisotopic (exact) mass is 389 g/mol. The highest BCUT2D eigenvalue weighted by atomic mass is 35.5. The first-order valence-corrected chi connectivity index (χ1v) is 9.90. The van der Waals surface area contributed by atoms with Gasteiger partial charge in [0.25, 0.3) is 0 Å². The topological polar surface area (TPSA) is 18.8 Å². The summed E-state index contributed by atoms with van der Waals surface area (Å²) < 4.78 is 0. The summed E-state index contributed by atoms with van der Waals surface area (Å²) >= 11 is 6.38. The zero-order valence-corrected chi connectivity index (χ0v) is 17.0. The van der Waals surface area contributed by atoms with E-state index in [9.17, 15) is 0 Å². The van der Waals surface area contributed by atoms with E-state index >= 15 is 0 Å². The van der Waals surface area contributed by atoms with E-state index in [1.165, 1.54) is 11.1 Å². The summed E-state index contributed by atoms with van der Waals surface area (Å²) in [7, 11) is 0. The van der Waals surface area contributed by atoms with Gasteiger partial charge in [-0.1, -0.05) is 66.2 Å². The van der Waals surface area contributed by atoms with Crippen molar-refractivity contribution in [1.82, 2.24) is 4.90 Å². The van der Waals surface area contributed by atoms with Crippen LogP contribution >= 0.6 is 11.6 Å².